The predicted octanol–water partition coefficient (Wildman–Crippen LogP) is 2.80. The fraction of sp³-hybridized carbons (Fsp3) is 0.619. The highest BCUT2D eigenvalue weighted by Gasteiger charge is 2.27. The molecule has 2 aliphatic rings. The minimum Gasteiger partial charge on any atom is -0.497 e. The van der Waals surface area contributed by atoms with E-state index in [2.05, 4.69) is 63.8 Å². The molecule has 1 unspecified atom stereocenters. The highest BCUT2D eigenvalue weighted by Crippen LogP contribution is 2.32. The van der Waals surface area contributed by atoms with Crippen LogP contribution in [0, 0.1) is 0 Å². The molecule has 2 aliphatic heterocycles. The Morgan fingerprint density at radius 3 is 2.59 bits per heavy atom. The van der Waals surface area contributed by atoms with E-state index < -0.39 is 0 Å². The largest absolute Gasteiger partial charge is 0.497 e. The summed E-state index contributed by atoms with van der Waals surface area (Å²) in [6.07, 6.45) is 3.37. The third kappa shape index (κ3) is 3.55. The van der Waals surface area contributed by atoms with Crippen LogP contribution in [0.2, 0.25) is 0 Å². The summed E-state index contributed by atoms with van der Waals surface area (Å²) in [7, 11) is 6.07. The molecule has 2 aromatic rings. The van der Waals surface area contributed by atoms with Crippen LogP contribution in [0.3, 0.4) is 0 Å². The Morgan fingerprint density at radius 2 is 1.85 bits per heavy atom. The zero-order chi connectivity index (χ0) is 19.0. The van der Waals surface area contributed by atoms with Crippen LogP contribution in [0.4, 0.5) is 5.95 Å². The smallest absolute Gasteiger partial charge is 0.227 e. The van der Waals surface area contributed by atoms with Crippen molar-refractivity contribution in [1.82, 2.24) is 19.7 Å². The van der Waals surface area contributed by atoms with Gasteiger partial charge in [0.05, 0.1) is 7.11 Å². The zero-order valence-electron chi connectivity index (χ0n) is 17.0. The maximum atomic E-state index is 5.43. The van der Waals surface area contributed by atoms with Crippen LogP contribution < -0.4 is 9.64 Å². The lowest BCUT2D eigenvalue weighted by Gasteiger charge is -2.29. The predicted molar refractivity (Wildman–Crippen MR) is 108 cm³/mol. The number of rotatable bonds is 3. The summed E-state index contributed by atoms with van der Waals surface area (Å²) in [5.41, 5.74) is 2.82. The van der Waals surface area contributed by atoms with Crippen LogP contribution in [-0.2, 0) is 13.5 Å². The molecule has 0 bridgehead atoms. The molecule has 1 aromatic carbocycles. The van der Waals surface area contributed by atoms with Gasteiger partial charge >= 0.3 is 0 Å². The zero-order valence-corrected chi connectivity index (χ0v) is 17.0. The summed E-state index contributed by atoms with van der Waals surface area (Å²) in [6, 6.07) is 6.49. The number of hydrogen-bond acceptors (Lipinski definition) is 5. The number of methoxy groups -OCH3 is 1. The summed E-state index contributed by atoms with van der Waals surface area (Å²) in [5.74, 6) is 4.06. The molecule has 1 atom stereocenters. The number of hydrogen-bond donors (Lipinski definition) is 0. The Bertz CT molecular complexity index is 794. The van der Waals surface area contributed by atoms with Gasteiger partial charge in [0.15, 0.2) is 0 Å². The monoisotopic (exact) mass is 369 g/mol. The number of fused-ring (bicyclic) bond motifs is 1. The molecule has 6 nitrogen and oxygen atoms in total. The molecule has 1 aromatic heterocycles. The number of piperidine rings is 1. The molecule has 1 fully saturated rings. The molecular weight excluding hydrogens is 338 g/mol. The molecule has 27 heavy (non-hydrogen) atoms. The number of nitrogens with zero attached hydrogens (tertiary/aromatic N) is 5. The fourth-order valence-corrected chi connectivity index (χ4v) is 4.57. The lowest BCUT2D eigenvalue weighted by Crippen LogP contribution is -2.31. The quantitative estimate of drug-likeness (QED) is 0.833. The Balaban J connectivity index is 1.55. The first-order chi connectivity index (χ1) is 13.1. The van der Waals surface area contributed by atoms with Gasteiger partial charge in [0, 0.05) is 26.1 Å². The molecule has 3 heterocycles. The summed E-state index contributed by atoms with van der Waals surface area (Å²) in [6.45, 7) is 6.52. The number of likely N-dealkylation sites (tertiary alicyclic amines) is 1. The van der Waals surface area contributed by atoms with Crippen molar-refractivity contribution < 1.29 is 4.74 Å². The maximum Gasteiger partial charge on any atom is 0.227 e. The second-order valence-corrected chi connectivity index (χ2v) is 8.16. The van der Waals surface area contributed by atoms with Crippen LogP contribution in [0.1, 0.15) is 48.6 Å². The van der Waals surface area contributed by atoms with E-state index in [-0.39, 0.29) is 0 Å². The second kappa shape index (κ2) is 7.50. The van der Waals surface area contributed by atoms with E-state index in [1.165, 1.54) is 24.0 Å². The molecule has 0 spiro atoms. The van der Waals surface area contributed by atoms with Gasteiger partial charge in [0.1, 0.15) is 11.6 Å². The minimum atomic E-state index is 0.432. The van der Waals surface area contributed by atoms with E-state index in [0.29, 0.717) is 11.8 Å². The number of benzene rings is 1. The Kier molecular flexibility index (Phi) is 5.08. The topological polar surface area (TPSA) is 46.4 Å². The van der Waals surface area contributed by atoms with Gasteiger partial charge in [-0.2, -0.15) is 0 Å². The molecule has 6 heteroatoms. The van der Waals surface area contributed by atoms with Gasteiger partial charge in [-0.3, -0.25) is 0 Å². The van der Waals surface area contributed by atoms with Gasteiger partial charge in [0.2, 0.25) is 5.95 Å². The first-order valence-corrected chi connectivity index (χ1v) is 10.1. The standard InChI is InChI=1S/C21H31N5O/c1-15-14-26(12-9-16-5-6-18(27-4)13-19(15)16)21-23-22-20(25(21)3)17-7-10-24(2)11-8-17/h5-6,13,15,17H,7-12,14H2,1-4H3. The Labute approximate surface area is 162 Å². The van der Waals surface area contributed by atoms with Crippen LogP contribution in [0.5, 0.6) is 5.75 Å². The number of aromatic nitrogens is 3. The first kappa shape index (κ1) is 18.3. The molecule has 0 amide bonds. The number of anilines is 1. The van der Waals surface area contributed by atoms with Crippen molar-refractivity contribution in [2.75, 3.05) is 45.2 Å². The van der Waals surface area contributed by atoms with Crippen molar-refractivity contribution in [3.05, 3.63) is 35.2 Å². The van der Waals surface area contributed by atoms with E-state index in [4.69, 9.17) is 4.74 Å². The lowest BCUT2D eigenvalue weighted by molar-refractivity contribution is 0.249. The molecule has 0 aliphatic carbocycles. The maximum absolute atomic E-state index is 5.43. The lowest BCUT2D eigenvalue weighted by atomic mass is 9.95. The van der Waals surface area contributed by atoms with Crippen LogP contribution in [-0.4, -0.2) is 60.0 Å². The third-order valence-electron chi connectivity index (χ3n) is 6.28. The van der Waals surface area contributed by atoms with Crippen molar-refractivity contribution >= 4 is 5.95 Å². The van der Waals surface area contributed by atoms with E-state index in [9.17, 15) is 0 Å². The van der Waals surface area contributed by atoms with Crippen LogP contribution in [0.15, 0.2) is 18.2 Å². The fourth-order valence-electron chi connectivity index (χ4n) is 4.57. The van der Waals surface area contributed by atoms with Gasteiger partial charge in [0.25, 0.3) is 0 Å². The Morgan fingerprint density at radius 1 is 1.07 bits per heavy atom. The highest BCUT2D eigenvalue weighted by molar-refractivity contribution is 5.43. The first-order valence-electron chi connectivity index (χ1n) is 10.1. The van der Waals surface area contributed by atoms with Crippen molar-refractivity contribution in [2.45, 2.75) is 38.0 Å². The summed E-state index contributed by atoms with van der Waals surface area (Å²) >= 11 is 0. The van der Waals surface area contributed by atoms with E-state index >= 15 is 0 Å². The molecule has 1 saturated heterocycles. The van der Waals surface area contributed by atoms with Crippen molar-refractivity contribution in [2.24, 2.45) is 7.05 Å². The van der Waals surface area contributed by atoms with Crippen molar-refractivity contribution in [3.63, 3.8) is 0 Å². The van der Waals surface area contributed by atoms with Gasteiger partial charge in [-0.25, -0.2) is 0 Å². The van der Waals surface area contributed by atoms with Crippen molar-refractivity contribution in [3.8, 4) is 5.75 Å². The normalized spacial score (nSPS) is 21.8. The molecule has 0 N–H and O–H groups in total. The third-order valence-corrected chi connectivity index (χ3v) is 6.28. The average molecular weight is 370 g/mol. The summed E-state index contributed by atoms with van der Waals surface area (Å²) < 4.78 is 7.67. The molecule has 4 rings (SSSR count). The summed E-state index contributed by atoms with van der Waals surface area (Å²) in [5, 5.41) is 9.21. The van der Waals surface area contributed by atoms with Gasteiger partial charge in [-0.1, -0.05) is 13.0 Å². The number of ether oxygens (including phenoxy) is 1. The van der Waals surface area contributed by atoms with Gasteiger partial charge in [-0.15, -0.1) is 10.2 Å². The minimum absolute atomic E-state index is 0.432. The van der Waals surface area contributed by atoms with Gasteiger partial charge in [-0.05, 0) is 68.6 Å². The molecule has 146 valence electrons. The Hall–Kier alpha value is -2.08. The van der Waals surface area contributed by atoms with Gasteiger partial charge < -0.3 is 19.1 Å². The second-order valence-electron chi connectivity index (χ2n) is 8.16. The highest BCUT2D eigenvalue weighted by atomic mass is 16.5. The van der Waals surface area contributed by atoms with E-state index in [0.717, 1.165) is 50.1 Å². The average Bonchev–Trinajstić information content (AvgIpc) is 2.98. The van der Waals surface area contributed by atoms with Crippen LogP contribution >= 0.6 is 0 Å². The van der Waals surface area contributed by atoms with Crippen LogP contribution in [0.25, 0.3) is 0 Å². The van der Waals surface area contributed by atoms with E-state index in [1.807, 2.05) is 0 Å². The van der Waals surface area contributed by atoms with E-state index in [1.54, 1.807) is 7.11 Å². The SMILES string of the molecule is COc1ccc2c(c1)C(C)CN(c1nnc(C3CCN(C)CC3)n1C)CC2. The molecular formula is C21H31N5O. The van der Waals surface area contributed by atoms with Crippen molar-refractivity contribution in [1.29, 1.82) is 0 Å². The molecule has 0 saturated carbocycles. The summed E-state index contributed by atoms with van der Waals surface area (Å²) in [4.78, 5) is 4.80. The molecule has 0 radical (unpaired) electrons.